The molecule has 1 amide bonds. The van der Waals surface area contributed by atoms with Crippen molar-refractivity contribution < 1.29 is 4.79 Å². The van der Waals surface area contributed by atoms with Gasteiger partial charge in [-0.05, 0) is 49.4 Å². The largest absolute Gasteiger partial charge is 0.303 e. The van der Waals surface area contributed by atoms with Gasteiger partial charge < -0.3 is 4.90 Å². The van der Waals surface area contributed by atoms with Gasteiger partial charge in [-0.1, -0.05) is 49.0 Å². The molecule has 1 aromatic heterocycles. The molecule has 0 radical (unpaired) electrons. The van der Waals surface area contributed by atoms with Gasteiger partial charge in [0.2, 0.25) is 5.91 Å². The van der Waals surface area contributed by atoms with Crippen LogP contribution in [0.25, 0.3) is 5.69 Å². The first-order valence-corrected chi connectivity index (χ1v) is 10.8. The molecule has 0 saturated heterocycles. The van der Waals surface area contributed by atoms with E-state index in [0.29, 0.717) is 12.2 Å². The predicted octanol–water partition coefficient (Wildman–Crippen LogP) is 4.85. The Balaban J connectivity index is 2.04. The van der Waals surface area contributed by atoms with E-state index in [-0.39, 0.29) is 12.5 Å². The summed E-state index contributed by atoms with van der Waals surface area (Å²) in [5, 5.41) is 8.86. The highest BCUT2D eigenvalue weighted by Crippen LogP contribution is 2.25. The van der Waals surface area contributed by atoms with E-state index < -0.39 is 5.38 Å². The Morgan fingerprint density at radius 3 is 2.57 bits per heavy atom. The Hall–Kier alpha value is -2.31. The molecule has 0 saturated carbocycles. The number of anilines is 1. The summed E-state index contributed by atoms with van der Waals surface area (Å²) in [6.45, 7) is 4.19. The number of carbonyl (C=O) groups excluding carboxylic acids is 1. The highest BCUT2D eigenvalue weighted by molar-refractivity contribution is 7.98. The van der Waals surface area contributed by atoms with Gasteiger partial charge in [0.05, 0.1) is 6.54 Å². The molecule has 0 aliphatic heterocycles. The van der Waals surface area contributed by atoms with Gasteiger partial charge >= 0.3 is 0 Å². The van der Waals surface area contributed by atoms with E-state index in [2.05, 4.69) is 10.2 Å². The van der Waals surface area contributed by atoms with E-state index in [9.17, 15) is 4.79 Å². The predicted molar refractivity (Wildman–Crippen MR) is 115 cm³/mol. The molecule has 3 rings (SSSR count). The number of para-hydroxylation sites is 1. The van der Waals surface area contributed by atoms with Crippen LogP contribution in [0.5, 0.6) is 0 Å². The van der Waals surface area contributed by atoms with E-state index in [1.54, 1.807) is 4.90 Å². The lowest BCUT2D eigenvalue weighted by Gasteiger charge is -2.25. The Kier molecular flexibility index (Phi) is 6.75. The van der Waals surface area contributed by atoms with Crippen LogP contribution in [0.4, 0.5) is 5.69 Å². The van der Waals surface area contributed by atoms with Crippen molar-refractivity contribution in [2.45, 2.75) is 37.3 Å². The number of hydrogen-bond donors (Lipinski definition) is 0. The number of thioether (sulfide) groups is 1. The van der Waals surface area contributed by atoms with E-state index in [4.69, 9.17) is 11.6 Å². The van der Waals surface area contributed by atoms with Crippen LogP contribution in [0.2, 0.25) is 0 Å². The van der Waals surface area contributed by atoms with Gasteiger partial charge in [-0.2, -0.15) is 0 Å². The molecule has 7 heteroatoms. The van der Waals surface area contributed by atoms with Crippen LogP contribution in [0.15, 0.2) is 59.8 Å². The van der Waals surface area contributed by atoms with Crippen molar-refractivity contribution in [3.8, 4) is 5.69 Å². The van der Waals surface area contributed by atoms with Crippen molar-refractivity contribution in [1.29, 1.82) is 0 Å². The van der Waals surface area contributed by atoms with Gasteiger partial charge in [0, 0.05) is 11.4 Å². The third-order valence-electron chi connectivity index (χ3n) is 4.40. The number of nitrogens with zero attached hydrogens (tertiary/aromatic N) is 4. The van der Waals surface area contributed by atoms with E-state index in [0.717, 1.165) is 22.1 Å². The van der Waals surface area contributed by atoms with Crippen molar-refractivity contribution >= 4 is 35.0 Å². The minimum atomic E-state index is -0.589. The van der Waals surface area contributed by atoms with Gasteiger partial charge in [-0.15, -0.1) is 21.8 Å². The molecule has 3 aromatic rings. The molecule has 1 unspecified atom stereocenters. The number of benzene rings is 2. The molecule has 1 heterocycles. The van der Waals surface area contributed by atoms with Crippen molar-refractivity contribution in [1.82, 2.24) is 14.8 Å². The number of rotatable bonds is 7. The van der Waals surface area contributed by atoms with Gasteiger partial charge in [-0.25, -0.2) is 0 Å². The summed E-state index contributed by atoms with van der Waals surface area (Å²) < 4.78 is 1.98. The van der Waals surface area contributed by atoms with Crippen molar-refractivity contribution in [3.63, 3.8) is 0 Å². The average Bonchev–Trinajstić information content (AvgIpc) is 3.14. The van der Waals surface area contributed by atoms with Crippen LogP contribution in [0.1, 0.15) is 24.7 Å². The minimum Gasteiger partial charge on any atom is -0.303 e. The second-order valence-electron chi connectivity index (χ2n) is 6.41. The third kappa shape index (κ3) is 4.39. The quantitative estimate of drug-likeness (QED) is 0.409. The van der Waals surface area contributed by atoms with Crippen molar-refractivity contribution in [2.24, 2.45) is 0 Å². The first-order chi connectivity index (χ1) is 13.5. The highest BCUT2D eigenvalue weighted by Gasteiger charge is 2.25. The van der Waals surface area contributed by atoms with E-state index >= 15 is 0 Å². The van der Waals surface area contributed by atoms with Gasteiger partial charge in [0.1, 0.15) is 5.38 Å². The molecule has 146 valence electrons. The van der Waals surface area contributed by atoms with Crippen LogP contribution >= 0.6 is 23.4 Å². The first kappa shape index (κ1) is 20.4. The minimum absolute atomic E-state index is 0.136. The van der Waals surface area contributed by atoms with Crippen LogP contribution in [-0.2, 0) is 11.3 Å². The van der Waals surface area contributed by atoms with Crippen LogP contribution < -0.4 is 4.90 Å². The Morgan fingerprint density at radius 2 is 1.93 bits per heavy atom. The molecule has 28 heavy (non-hydrogen) atoms. The average molecular weight is 415 g/mol. The highest BCUT2D eigenvalue weighted by atomic mass is 35.5. The van der Waals surface area contributed by atoms with Gasteiger partial charge in [-0.3, -0.25) is 9.36 Å². The number of aryl methyl sites for hydroxylation is 1. The van der Waals surface area contributed by atoms with Crippen molar-refractivity contribution in [2.75, 3.05) is 11.2 Å². The third-order valence-corrected chi connectivity index (χ3v) is 5.53. The lowest BCUT2D eigenvalue weighted by atomic mass is 10.2. The smallest absolute Gasteiger partial charge is 0.245 e. The van der Waals surface area contributed by atoms with Crippen molar-refractivity contribution in [3.05, 3.63) is 66.0 Å². The molecule has 0 N–H and O–H groups in total. The summed E-state index contributed by atoms with van der Waals surface area (Å²) >= 11 is 7.83. The summed E-state index contributed by atoms with van der Waals surface area (Å²) in [6, 6.07) is 17.8. The molecule has 0 spiro atoms. The molecule has 0 bridgehead atoms. The summed E-state index contributed by atoms with van der Waals surface area (Å²) in [5.41, 5.74) is 2.84. The summed E-state index contributed by atoms with van der Waals surface area (Å²) in [5.74, 6) is 0.549. The van der Waals surface area contributed by atoms with Crippen LogP contribution in [0.3, 0.4) is 0 Å². The monoisotopic (exact) mass is 414 g/mol. The maximum absolute atomic E-state index is 13.0. The molecule has 1 atom stereocenters. The lowest BCUT2D eigenvalue weighted by molar-refractivity contribution is -0.118. The summed E-state index contributed by atoms with van der Waals surface area (Å²) in [6.07, 6.45) is 2.52. The maximum atomic E-state index is 13.0. The number of aromatic nitrogens is 3. The standard InChI is InChI=1S/C21H23ClN4OS/c1-4-18(22)20(27)25(17-12-8-9-15(2)13-17)14-19-23-24-21(28-3)26(19)16-10-6-5-7-11-16/h5-13,18H,4,14H2,1-3H3. The van der Waals surface area contributed by atoms with E-state index in [1.807, 2.05) is 79.3 Å². The number of alkyl halides is 1. The Bertz CT molecular complexity index is 945. The number of amides is 1. The van der Waals surface area contributed by atoms with Crippen LogP contribution in [-0.4, -0.2) is 32.3 Å². The topological polar surface area (TPSA) is 51.0 Å². The Morgan fingerprint density at radius 1 is 1.18 bits per heavy atom. The lowest BCUT2D eigenvalue weighted by Crippen LogP contribution is -2.37. The molecule has 2 aromatic carbocycles. The molecule has 5 nitrogen and oxygen atoms in total. The zero-order chi connectivity index (χ0) is 20.1. The maximum Gasteiger partial charge on any atom is 0.245 e. The summed E-state index contributed by atoms with van der Waals surface area (Å²) in [4.78, 5) is 14.7. The molecular weight excluding hydrogens is 392 g/mol. The number of hydrogen-bond acceptors (Lipinski definition) is 4. The van der Waals surface area contributed by atoms with E-state index in [1.165, 1.54) is 11.8 Å². The first-order valence-electron chi connectivity index (χ1n) is 9.11. The SMILES string of the molecule is CCC(Cl)C(=O)N(Cc1nnc(SC)n1-c1ccccc1)c1cccc(C)c1. The second kappa shape index (κ2) is 9.26. The fourth-order valence-corrected chi connectivity index (χ4v) is 3.58. The number of halogens is 1. The van der Waals surface area contributed by atoms with Gasteiger partial charge in [0.25, 0.3) is 0 Å². The zero-order valence-electron chi connectivity index (χ0n) is 16.2. The summed E-state index contributed by atoms with van der Waals surface area (Å²) in [7, 11) is 0. The fraction of sp³-hybridized carbons (Fsp3) is 0.286. The number of carbonyl (C=O) groups is 1. The zero-order valence-corrected chi connectivity index (χ0v) is 17.7. The molecule has 0 fully saturated rings. The van der Waals surface area contributed by atoms with Gasteiger partial charge in [0.15, 0.2) is 11.0 Å². The normalized spacial score (nSPS) is 12.0. The molecule has 0 aliphatic carbocycles. The van der Waals surface area contributed by atoms with Crippen LogP contribution in [0, 0.1) is 6.92 Å². The Labute approximate surface area is 174 Å². The molecule has 0 aliphatic rings. The fourth-order valence-electron chi connectivity index (χ4n) is 2.95. The molecular formula is C21H23ClN4OS. The second-order valence-corrected chi connectivity index (χ2v) is 7.71.